The van der Waals surface area contributed by atoms with Crippen LogP contribution < -0.4 is 0 Å². The molecule has 2 aromatic carbocycles. The van der Waals surface area contributed by atoms with E-state index in [9.17, 15) is 5.11 Å². The number of rotatable bonds is 4. The van der Waals surface area contributed by atoms with Gasteiger partial charge in [-0.25, -0.2) is 0 Å². The molecule has 0 radical (unpaired) electrons. The summed E-state index contributed by atoms with van der Waals surface area (Å²) in [5.74, 6) is 0.736. The average Bonchev–Trinajstić information content (AvgIpc) is 2.45. The van der Waals surface area contributed by atoms with Crippen LogP contribution >= 0.6 is 15.9 Å². The van der Waals surface area contributed by atoms with E-state index < -0.39 is 5.60 Å². The number of halogens is 1. The molecule has 1 aliphatic rings. The second kappa shape index (κ2) is 5.94. The molecule has 3 rings (SSSR count). The molecule has 1 nitrogen and oxygen atoms in total. The Morgan fingerprint density at radius 1 is 1.10 bits per heavy atom. The molecule has 0 aliphatic heterocycles. The summed E-state index contributed by atoms with van der Waals surface area (Å²) in [6.45, 7) is 2.03. The van der Waals surface area contributed by atoms with E-state index in [2.05, 4.69) is 40.2 Å². The summed E-state index contributed by atoms with van der Waals surface area (Å²) in [7, 11) is 0. The highest BCUT2D eigenvalue weighted by atomic mass is 79.9. The molecule has 2 aromatic rings. The second-order valence-corrected chi connectivity index (χ2v) is 6.89. The van der Waals surface area contributed by atoms with Crippen LogP contribution in [0, 0.1) is 0 Å². The Bertz CT molecular complexity index is 616. The molecule has 0 heterocycles. The fourth-order valence-electron chi connectivity index (χ4n) is 3.09. The zero-order valence-corrected chi connectivity index (χ0v) is 13.9. The van der Waals surface area contributed by atoms with Crippen molar-refractivity contribution < 1.29 is 5.11 Å². The second-order valence-electron chi connectivity index (χ2n) is 5.97. The van der Waals surface area contributed by atoms with Crippen molar-refractivity contribution in [3.05, 3.63) is 69.7 Å². The van der Waals surface area contributed by atoms with Gasteiger partial charge < -0.3 is 5.11 Å². The van der Waals surface area contributed by atoms with Crippen molar-refractivity contribution in [2.24, 2.45) is 0 Å². The van der Waals surface area contributed by atoms with Crippen molar-refractivity contribution in [1.82, 2.24) is 0 Å². The maximum absolute atomic E-state index is 11.2. The van der Waals surface area contributed by atoms with Crippen molar-refractivity contribution in [1.29, 1.82) is 0 Å². The molecule has 110 valence electrons. The lowest BCUT2D eigenvalue weighted by molar-refractivity contribution is 0.0764. The first kappa shape index (κ1) is 14.8. The largest absolute Gasteiger partial charge is 0.380 e. The van der Waals surface area contributed by atoms with Crippen LogP contribution in [0.2, 0.25) is 0 Å². The van der Waals surface area contributed by atoms with Crippen LogP contribution in [0.25, 0.3) is 0 Å². The third kappa shape index (κ3) is 2.79. The first-order chi connectivity index (χ1) is 10.1. The van der Waals surface area contributed by atoms with E-state index in [0.717, 1.165) is 21.5 Å². The van der Waals surface area contributed by atoms with E-state index in [1.165, 1.54) is 24.8 Å². The van der Waals surface area contributed by atoms with Gasteiger partial charge in [-0.15, -0.1) is 0 Å². The average molecular weight is 345 g/mol. The number of benzene rings is 2. The standard InChI is InChI=1S/C19H21BrO/c1-2-19(21,17-7-4-8-18(20)13-17)16-11-9-15(10-12-16)14-5-3-6-14/h4,7-14,21H,2-3,5-6H2,1H3. The monoisotopic (exact) mass is 344 g/mol. The topological polar surface area (TPSA) is 20.2 Å². The molecule has 0 aromatic heterocycles. The van der Waals surface area contributed by atoms with Gasteiger partial charge in [0.05, 0.1) is 0 Å². The minimum absolute atomic E-state index is 0.659. The van der Waals surface area contributed by atoms with Crippen LogP contribution in [-0.4, -0.2) is 5.11 Å². The van der Waals surface area contributed by atoms with Crippen LogP contribution in [0.4, 0.5) is 0 Å². The third-order valence-corrected chi connectivity index (χ3v) is 5.27. The fourth-order valence-corrected chi connectivity index (χ4v) is 3.49. The van der Waals surface area contributed by atoms with Crippen molar-refractivity contribution >= 4 is 15.9 Å². The lowest BCUT2D eigenvalue weighted by Crippen LogP contribution is -2.26. The van der Waals surface area contributed by atoms with Gasteiger partial charge in [-0.2, -0.15) is 0 Å². The molecule has 1 unspecified atom stereocenters. The quantitative estimate of drug-likeness (QED) is 0.791. The van der Waals surface area contributed by atoms with Gasteiger partial charge >= 0.3 is 0 Å². The normalized spacial score (nSPS) is 18.0. The van der Waals surface area contributed by atoms with Crippen LogP contribution in [0.15, 0.2) is 53.0 Å². The van der Waals surface area contributed by atoms with Crippen LogP contribution in [0.1, 0.15) is 55.2 Å². The highest BCUT2D eigenvalue weighted by Gasteiger charge is 2.30. The molecule has 1 N–H and O–H groups in total. The molecule has 1 aliphatic carbocycles. The highest BCUT2D eigenvalue weighted by Crippen LogP contribution is 2.38. The molecule has 21 heavy (non-hydrogen) atoms. The lowest BCUT2D eigenvalue weighted by Gasteiger charge is -2.30. The van der Waals surface area contributed by atoms with E-state index in [0.29, 0.717) is 6.42 Å². The van der Waals surface area contributed by atoms with Crippen LogP contribution in [0.5, 0.6) is 0 Å². The molecular weight excluding hydrogens is 324 g/mol. The molecule has 0 saturated heterocycles. The summed E-state index contributed by atoms with van der Waals surface area (Å²) in [5.41, 5.74) is 2.42. The molecule has 1 saturated carbocycles. The van der Waals surface area contributed by atoms with Crippen molar-refractivity contribution in [2.45, 2.75) is 44.1 Å². The summed E-state index contributed by atoms with van der Waals surface area (Å²) in [5, 5.41) is 11.2. The van der Waals surface area contributed by atoms with Gasteiger partial charge in [0.1, 0.15) is 5.60 Å². The van der Waals surface area contributed by atoms with E-state index >= 15 is 0 Å². The Hall–Kier alpha value is -1.12. The summed E-state index contributed by atoms with van der Waals surface area (Å²) in [4.78, 5) is 0. The van der Waals surface area contributed by atoms with E-state index in [-0.39, 0.29) is 0 Å². The number of hydrogen-bond acceptors (Lipinski definition) is 1. The van der Waals surface area contributed by atoms with Gasteiger partial charge in [0.2, 0.25) is 0 Å². The van der Waals surface area contributed by atoms with Crippen LogP contribution in [0.3, 0.4) is 0 Å². The number of hydrogen-bond donors (Lipinski definition) is 1. The number of aliphatic hydroxyl groups is 1. The Labute approximate surface area is 135 Å². The molecule has 0 amide bonds. The summed E-state index contributed by atoms with van der Waals surface area (Å²) < 4.78 is 0.998. The van der Waals surface area contributed by atoms with Gasteiger partial charge in [-0.05, 0) is 54.0 Å². The summed E-state index contributed by atoms with van der Waals surface area (Å²) >= 11 is 3.49. The zero-order chi connectivity index (χ0) is 14.9. The minimum atomic E-state index is -0.915. The molecule has 2 heteroatoms. The lowest BCUT2D eigenvalue weighted by atomic mass is 9.78. The van der Waals surface area contributed by atoms with E-state index in [1.807, 2.05) is 31.2 Å². The minimum Gasteiger partial charge on any atom is -0.380 e. The Balaban J connectivity index is 1.94. The Morgan fingerprint density at radius 3 is 2.33 bits per heavy atom. The van der Waals surface area contributed by atoms with Gasteiger partial charge in [0.25, 0.3) is 0 Å². The smallest absolute Gasteiger partial charge is 0.114 e. The van der Waals surface area contributed by atoms with Gasteiger partial charge in [-0.1, -0.05) is 65.7 Å². The van der Waals surface area contributed by atoms with Gasteiger partial charge in [0.15, 0.2) is 0 Å². The molecule has 1 fully saturated rings. The first-order valence-electron chi connectivity index (χ1n) is 7.72. The van der Waals surface area contributed by atoms with Gasteiger partial charge in [-0.3, -0.25) is 0 Å². The van der Waals surface area contributed by atoms with E-state index in [4.69, 9.17) is 0 Å². The maximum Gasteiger partial charge on any atom is 0.114 e. The van der Waals surface area contributed by atoms with Crippen molar-refractivity contribution in [3.8, 4) is 0 Å². The molecule has 0 bridgehead atoms. The third-order valence-electron chi connectivity index (χ3n) is 4.78. The fraction of sp³-hybridized carbons (Fsp3) is 0.368. The Morgan fingerprint density at radius 2 is 1.81 bits per heavy atom. The van der Waals surface area contributed by atoms with E-state index in [1.54, 1.807) is 0 Å². The molecule has 0 spiro atoms. The summed E-state index contributed by atoms with van der Waals surface area (Å²) in [6.07, 6.45) is 4.63. The predicted molar refractivity (Wildman–Crippen MR) is 90.5 cm³/mol. The summed E-state index contributed by atoms with van der Waals surface area (Å²) in [6, 6.07) is 16.5. The predicted octanol–water partition coefficient (Wildman–Crippen LogP) is 5.36. The maximum atomic E-state index is 11.2. The highest BCUT2D eigenvalue weighted by molar-refractivity contribution is 9.10. The molecular formula is C19H21BrO. The first-order valence-corrected chi connectivity index (χ1v) is 8.51. The van der Waals surface area contributed by atoms with Gasteiger partial charge in [0, 0.05) is 4.47 Å². The molecule has 1 atom stereocenters. The Kier molecular flexibility index (Phi) is 4.19. The van der Waals surface area contributed by atoms with Crippen molar-refractivity contribution in [3.63, 3.8) is 0 Å². The van der Waals surface area contributed by atoms with Crippen LogP contribution in [-0.2, 0) is 5.60 Å². The van der Waals surface area contributed by atoms with Crippen molar-refractivity contribution in [2.75, 3.05) is 0 Å². The SMILES string of the molecule is CCC(O)(c1ccc(C2CCC2)cc1)c1cccc(Br)c1. The zero-order valence-electron chi connectivity index (χ0n) is 12.3.